The van der Waals surface area contributed by atoms with Crippen molar-refractivity contribution in [2.75, 3.05) is 20.2 Å². The van der Waals surface area contributed by atoms with E-state index in [1.807, 2.05) is 31.2 Å². The van der Waals surface area contributed by atoms with Crippen LogP contribution in [0.4, 0.5) is 4.79 Å². The Labute approximate surface area is 173 Å². The average Bonchev–Trinajstić information content (AvgIpc) is 2.90. The SMILES string of the molecule is CCCCCCC1(C)NC(=O)N(CC(=O)N(C)Cc2ccc(OCC)cc2)C1=O. The van der Waals surface area contributed by atoms with Gasteiger partial charge in [-0.3, -0.25) is 14.5 Å². The number of nitrogens with zero attached hydrogens (tertiary/aromatic N) is 2. The number of carbonyl (C=O) groups is 3. The first-order chi connectivity index (χ1) is 13.8. The van der Waals surface area contributed by atoms with Gasteiger partial charge in [-0.05, 0) is 38.0 Å². The van der Waals surface area contributed by atoms with Crippen molar-refractivity contribution in [2.45, 2.75) is 65.0 Å². The predicted molar refractivity (Wildman–Crippen MR) is 111 cm³/mol. The number of ether oxygens (including phenoxy) is 1. The van der Waals surface area contributed by atoms with Crippen molar-refractivity contribution in [3.63, 3.8) is 0 Å². The lowest BCUT2D eigenvalue weighted by Gasteiger charge is -2.23. The van der Waals surface area contributed by atoms with Crippen LogP contribution >= 0.6 is 0 Å². The Morgan fingerprint density at radius 2 is 1.83 bits per heavy atom. The molecule has 4 amide bonds. The maximum absolute atomic E-state index is 12.8. The summed E-state index contributed by atoms with van der Waals surface area (Å²) < 4.78 is 5.42. The number of unbranched alkanes of at least 4 members (excludes halogenated alkanes) is 3. The monoisotopic (exact) mass is 403 g/mol. The highest BCUT2D eigenvalue weighted by molar-refractivity contribution is 6.08. The van der Waals surface area contributed by atoms with Gasteiger partial charge in [-0.25, -0.2) is 4.79 Å². The van der Waals surface area contributed by atoms with Crippen LogP contribution in [0.3, 0.4) is 0 Å². The number of hydrogen-bond donors (Lipinski definition) is 1. The molecule has 0 spiro atoms. The predicted octanol–water partition coefficient (Wildman–Crippen LogP) is 3.32. The van der Waals surface area contributed by atoms with Gasteiger partial charge >= 0.3 is 6.03 Å². The average molecular weight is 404 g/mol. The van der Waals surface area contributed by atoms with Crippen LogP contribution in [0.5, 0.6) is 5.75 Å². The Balaban J connectivity index is 1.91. The number of carbonyl (C=O) groups excluding carboxylic acids is 3. The van der Waals surface area contributed by atoms with E-state index >= 15 is 0 Å². The molecule has 1 aromatic carbocycles. The van der Waals surface area contributed by atoms with Gasteiger partial charge in [-0.1, -0.05) is 44.7 Å². The van der Waals surface area contributed by atoms with E-state index < -0.39 is 11.6 Å². The minimum absolute atomic E-state index is 0.247. The van der Waals surface area contributed by atoms with Crippen molar-refractivity contribution < 1.29 is 19.1 Å². The molecule has 1 N–H and O–H groups in total. The lowest BCUT2D eigenvalue weighted by atomic mass is 9.94. The highest BCUT2D eigenvalue weighted by Gasteiger charge is 2.47. The first kappa shape index (κ1) is 22.7. The molecule has 7 nitrogen and oxygen atoms in total. The molecule has 0 aliphatic carbocycles. The Kier molecular flexibility index (Phi) is 8.05. The lowest BCUT2D eigenvalue weighted by Crippen LogP contribution is -2.45. The maximum Gasteiger partial charge on any atom is 0.325 e. The van der Waals surface area contributed by atoms with E-state index in [2.05, 4.69) is 12.2 Å². The molecule has 2 rings (SSSR count). The summed E-state index contributed by atoms with van der Waals surface area (Å²) in [4.78, 5) is 40.2. The maximum atomic E-state index is 12.8. The second kappa shape index (κ2) is 10.3. The van der Waals surface area contributed by atoms with Crippen molar-refractivity contribution >= 4 is 17.8 Å². The largest absolute Gasteiger partial charge is 0.494 e. The van der Waals surface area contributed by atoms with Crippen molar-refractivity contribution in [2.24, 2.45) is 0 Å². The summed E-state index contributed by atoms with van der Waals surface area (Å²) in [6.07, 6.45) is 4.70. The summed E-state index contributed by atoms with van der Waals surface area (Å²) in [5, 5.41) is 2.77. The van der Waals surface area contributed by atoms with Crippen LogP contribution in [-0.2, 0) is 16.1 Å². The Bertz CT molecular complexity index is 719. The summed E-state index contributed by atoms with van der Waals surface area (Å²) in [6.45, 7) is 6.54. The summed E-state index contributed by atoms with van der Waals surface area (Å²) in [7, 11) is 1.67. The molecule has 1 unspecified atom stereocenters. The van der Waals surface area contributed by atoms with Gasteiger partial charge in [-0.15, -0.1) is 0 Å². The summed E-state index contributed by atoms with van der Waals surface area (Å²) >= 11 is 0. The van der Waals surface area contributed by atoms with Gasteiger partial charge in [0.1, 0.15) is 17.8 Å². The van der Waals surface area contributed by atoms with Crippen LogP contribution in [0, 0.1) is 0 Å². The van der Waals surface area contributed by atoms with Crippen LogP contribution < -0.4 is 10.1 Å². The van der Waals surface area contributed by atoms with E-state index in [0.29, 0.717) is 19.6 Å². The molecule has 0 radical (unpaired) electrons. The lowest BCUT2D eigenvalue weighted by molar-refractivity contribution is -0.138. The zero-order valence-electron chi connectivity index (χ0n) is 18.0. The van der Waals surface area contributed by atoms with Gasteiger partial charge in [0.05, 0.1) is 6.61 Å². The third-order valence-corrected chi connectivity index (χ3v) is 5.25. The molecule has 1 saturated heterocycles. The molecular weight excluding hydrogens is 370 g/mol. The van der Waals surface area contributed by atoms with E-state index in [-0.39, 0.29) is 18.4 Å². The molecule has 1 atom stereocenters. The smallest absolute Gasteiger partial charge is 0.325 e. The van der Waals surface area contributed by atoms with Gasteiger partial charge < -0.3 is 15.0 Å². The second-order valence-corrected chi connectivity index (χ2v) is 7.79. The zero-order valence-corrected chi connectivity index (χ0v) is 18.0. The highest BCUT2D eigenvalue weighted by Crippen LogP contribution is 2.24. The van der Waals surface area contributed by atoms with E-state index in [9.17, 15) is 14.4 Å². The van der Waals surface area contributed by atoms with Crippen molar-refractivity contribution in [3.8, 4) is 5.75 Å². The van der Waals surface area contributed by atoms with Crippen LogP contribution in [0.25, 0.3) is 0 Å². The highest BCUT2D eigenvalue weighted by atomic mass is 16.5. The van der Waals surface area contributed by atoms with E-state index in [1.54, 1.807) is 14.0 Å². The molecule has 1 fully saturated rings. The molecule has 1 aliphatic heterocycles. The number of hydrogen-bond acceptors (Lipinski definition) is 4. The van der Waals surface area contributed by atoms with Crippen molar-refractivity contribution in [1.29, 1.82) is 0 Å². The fourth-order valence-electron chi connectivity index (χ4n) is 3.44. The van der Waals surface area contributed by atoms with Gasteiger partial charge in [0, 0.05) is 13.6 Å². The number of imide groups is 1. The zero-order chi connectivity index (χ0) is 21.4. The summed E-state index contributed by atoms with van der Waals surface area (Å²) in [5.41, 5.74) is 0.0287. The van der Waals surface area contributed by atoms with Gasteiger partial charge in [0.15, 0.2) is 0 Å². The first-order valence-corrected chi connectivity index (χ1v) is 10.4. The Morgan fingerprint density at radius 3 is 2.45 bits per heavy atom. The summed E-state index contributed by atoms with van der Waals surface area (Å²) in [5.74, 6) is 0.183. The molecule has 1 heterocycles. The first-order valence-electron chi connectivity index (χ1n) is 10.4. The van der Waals surface area contributed by atoms with Gasteiger partial charge in [0.25, 0.3) is 5.91 Å². The van der Waals surface area contributed by atoms with Gasteiger partial charge in [0.2, 0.25) is 5.91 Å². The van der Waals surface area contributed by atoms with E-state index in [4.69, 9.17) is 4.74 Å². The topological polar surface area (TPSA) is 79.0 Å². The van der Waals surface area contributed by atoms with Crippen molar-refractivity contribution in [3.05, 3.63) is 29.8 Å². The third kappa shape index (κ3) is 5.95. The summed E-state index contributed by atoms with van der Waals surface area (Å²) in [6, 6.07) is 7.03. The Hall–Kier alpha value is -2.57. The fourth-order valence-corrected chi connectivity index (χ4v) is 3.44. The van der Waals surface area contributed by atoms with Crippen molar-refractivity contribution in [1.82, 2.24) is 15.1 Å². The normalized spacial score (nSPS) is 18.7. The second-order valence-electron chi connectivity index (χ2n) is 7.79. The minimum Gasteiger partial charge on any atom is -0.494 e. The molecule has 7 heteroatoms. The number of benzene rings is 1. The van der Waals surface area contributed by atoms with Crippen LogP contribution in [-0.4, -0.2) is 53.4 Å². The van der Waals surface area contributed by atoms with E-state index in [0.717, 1.165) is 41.9 Å². The molecule has 0 aromatic heterocycles. The van der Waals surface area contributed by atoms with Gasteiger partial charge in [-0.2, -0.15) is 0 Å². The van der Waals surface area contributed by atoms with Crippen LogP contribution in [0.2, 0.25) is 0 Å². The number of rotatable bonds is 11. The number of nitrogens with one attached hydrogen (secondary N) is 1. The molecule has 0 saturated carbocycles. The molecule has 29 heavy (non-hydrogen) atoms. The standard InChI is InChI=1S/C22H33N3O4/c1-5-7-8-9-14-22(3)20(27)25(21(28)23-22)16-19(26)24(4)15-17-10-12-18(13-11-17)29-6-2/h10-13H,5-9,14-16H2,1-4H3,(H,23,28). The minimum atomic E-state index is -0.918. The molecule has 1 aromatic rings. The molecule has 0 bridgehead atoms. The number of urea groups is 1. The number of amides is 4. The quantitative estimate of drug-likeness (QED) is 0.454. The molecule has 160 valence electrons. The number of likely N-dealkylation sites (N-methyl/N-ethyl adjacent to an activating group) is 1. The van der Waals surface area contributed by atoms with E-state index in [1.165, 1.54) is 4.90 Å². The van der Waals surface area contributed by atoms with Crippen LogP contribution in [0.15, 0.2) is 24.3 Å². The molecular formula is C22H33N3O4. The van der Waals surface area contributed by atoms with Crippen LogP contribution in [0.1, 0.15) is 58.4 Å². The Morgan fingerprint density at radius 1 is 1.14 bits per heavy atom. The molecule has 1 aliphatic rings. The third-order valence-electron chi connectivity index (χ3n) is 5.25. The fraction of sp³-hybridized carbons (Fsp3) is 0.591.